The van der Waals surface area contributed by atoms with Crippen molar-refractivity contribution in [2.75, 3.05) is 25.0 Å². The molecule has 0 aromatic heterocycles. The van der Waals surface area contributed by atoms with Crippen molar-refractivity contribution < 1.29 is 27.5 Å². The molecule has 3 rings (SSSR count). The highest BCUT2D eigenvalue weighted by molar-refractivity contribution is 7.89. The summed E-state index contributed by atoms with van der Waals surface area (Å²) in [6, 6.07) is 10.4. The van der Waals surface area contributed by atoms with Crippen LogP contribution < -0.4 is 10.1 Å². The van der Waals surface area contributed by atoms with Gasteiger partial charge in [-0.3, -0.25) is 4.79 Å². The number of rotatable bonds is 8. The zero-order valence-corrected chi connectivity index (χ0v) is 19.5. The normalized spacial score (nSPS) is 15.2. The van der Waals surface area contributed by atoms with Crippen LogP contribution in [0.1, 0.15) is 19.8 Å². The fraction of sp³-hybridized carbons (Fsp3) is 0.333. The van der Waals surface area contributed by atoms with Crippen LogP contribution in [0.25, 0.3) is 0 Å². The van der Waals surface area contributed by atoms with E-state index in [-0.39, 0.29) is 15.7 Å². The second kappa shape index (κ2) is 10.5. The number of amides is 1. The third-order valence-electron chi connectivity index (χ3n) is 4.72. The number of anilines is 1. The highest BCUT2D eigenvalue weighted by atomic mass is 35.5. The van der Waals surface area contributed by atoms with Gasteiger partial charge in [0.2, 0.25) is 10.0 Å². The molecular formula is C21H22Cl2N2O6S. The van der Waals surface area contributed by atoms with E-state index in [1.165, 1.54) is 47.6 Å². The summed E-state index contributed by atoms with van der Waals surface area (Å²) in [5.74, 6) is -1.07. The first-order valence-corrected chi connectivity index (χ1v) is 12.0. The second-order valence-corrected chi connectivity index (χ2v) is 9.91. The Kier molecular flexibility index (Phi) is 8.00. The molecule has 1 aliphatic rings. The number of hydrogen-bond donors (Lipinski definition) is 1. The fourth-order valence-electron chi connectivity index (χ4n) is 3.05. The number of sulfonamides is 1. The van der Waals surface area contributed by atoms with Crippen molar-refractivity contribution in [1.29, 1.82) is 0 Å². The lowest BCUT2D eigenvalue weighted by molar-refractivity contribution is -0.153. The van der Waals surface area contributed by atoms with Crippen molar-refractivity contribution in [2.45, 2.75) is 30.8 Å². The summed E-state index contributed by atoms with van der Waals surface area (Å²) >= 11 is 11.8. The van der Waals surface area contributed by atoms with E-state index in [0.29, 0.717) is 23.8 Å². The molecule has 2 aromatic carbocycles. The fourth-order valence-corrected chi connectivity index (χ4v) is 5.02. The van der Waals surface area contributed by atoms with E-state index in [0.717, 1.165) is 12.8 Å². The van der Waals surface area contributed by atoms with Gasteiger partial charge in [0, 0.05) is 23.8 Å². The van der Waals surface area contributed by atoms with Gasteiger partial charge in [0.25, 0.3) is 5.91 Å². The number of nitrogens with zero attached hydrogens (tertiary/aromatic N) is 1. The van der Waals surface area contributed by atoms with Crippen LogP contribution in [-0.4, -0.2) is 50.4 Å². The van der Waals surface area contributed by atoms with Crippen molar-refractivity contribution in [3.8, 4) is 5.75 Å². The highest BCUT2D eigenvalue weighted by Gasteiger charge is 2.27. The Bertz CT molecular complexity index is 1090. The van der Waals surface area contributed by atoms with Crippen molar-refractivity contribution in [3.05, 3.63) is 52.5 Å². The van der Waals surface area contributed by atoms with Gasteiger partial charge in [-0.15, -0.1) is 0 Å². The number of benzene rings is 2. The quantitative estimate of drug-likeness (QED) is 0.554. The van der Waals surface area contributed by atoms with Gasteiger partial charge in [0.05, 0.1) is 9.92 Å². The number of esters is 1. The molecule has 0 spiro atoms. The van der Waals surface area contributed by atoms with E-state index in [2.05, 4.69) is 5.32 Å². The molecule has 8 nitrogen and oxygen atoms in total. The van der Waals surface area contributed by atoms with Crippen molar-refractivity contribution in [3.63, 3.8) is 0 Å². The Morgan fingerprint density at radius 3 is 2.38 bits per heavy atom. The molecule has 172 valence electrons. The van der Waals surface area contributed by atoms with Gasteiger partial charge < -0.3 is 14.8 Å². The van der Waals surface area contributed by atoms with Gasteiger partial charge in [-0.05, 0) is 62.2 Å². The molecule has 1 atom stereocenters. The monoisotopic (exact) mass is 500 g/mol. The second-order valence-electron chi connectivity index (χ2n) is 7.13. The Balaban J connectivity index is 1.49. The van der Waals surface area contributed by atoms with E-state index in [1.807, 2.05) is 0 Å². The summed E-state index contributed by atoms with van der Waals surface area (Å²) in [6.45, 7) is 1.95. The Morgan fingerprint density at radius 1 is 1.09 bits per heavy atom. The minimum atomic E-state index is -3.53. The minimum Gasteiger partial charge on any atom is -0.477 e. The topological polar surface area (TPSA) is 102 Å². The minimum absolute atomic E-state index is 0.163. The van der Waals surface area contributed by atoms with Crippen molar-refractivity contribution in [2.24, 2.45) is 0 Å². The summed E-state index contributed by atoms with van der Waals surface area (Å²) in [5, 5.41) is 3.22. The Morgan fingerprint density at radius 2 is 1.75 bits per heavy atom. The van der Waals surface area contributed by atoms with E-state index < -0.39 is 34.6 Å². The third-order valence-corrected chi connectivity index (χ3v) is 7.16. The Labute approximate surface area is 196 Å². The first-order valence-electron chi connectivity index (χ1n) is 9.85. The molecule has 2 aromatic rings. The smallest absolute Gasteiger partial charge is 0.347 e. The molecule has 1 unspecified atom stereocenters. The lowest BCUT2D eigenvalue weighted by Crippen LogP contribution is -2.30. The highest BCUT2D eigenvalue weighted by Crippen LogP contribution is 2.28. The molecule has 11 heteroatoms. The van der Waals surface area contributed by atoms with Crippen LogP contribution in [0, 0.1) is 0 Å². The summed E-state index contributed by atoms with van der Waals surface area (Å²) < 4.78 is 36.9. The van der Waals surface area contributed by atoms with Gasteiger partial charge in [-0.25, -0.2) is 13.2 Å². The summed E-state index contributed by atoms with van der Waals surface area (Å²) in [6.07, 6.45) is 0.696. The molecule has 1 saturated heterocycles. The average molecular weight is 501 g/mol. The van der Waals surface area contributed by atoms with Crippen LogP contribution in [0.5, 0.6) is 5.75 Å². The third kappa shape index (κ3) is 6.13. The number of hydrogen-bond acceptors (Lipinski definition) is 6. The molecule has 0 aliphatic carbocycles. The average Bonchev–Trinajstić information content (AvgIpc) is 3.30. The maximum Gasteiger partial charge on any atom is 0.347 e. The van der Waals surface area contributed by atoms with E-state index >= 15 is 0 Å². The molecular weight excluding hydrogens is 479 g/mol. The number of ether oxygens (including phenoxy) is 2. The molecule has 0 radical (unpaired) electrons. The first-order chi connectivity index (χ1) is 15.2. The lowest BCUT2D eigenvalue weighted by atomic mass is 10.3. The van der Waals surface area contributed by atoms with E-state index in [9.17, 15) is 18.0 Å². The van der Waals surface area contributed by atoms with Crippen LogP contribution in [-0.2, 0) is 24.3 Å². The van der Waals surface area contributed by atoms with Gasteiger partial charge in [0.15, 0.2) is 12.7 Å². The van der Waals surface area contributed by atoms with E-state index in [4.69, 9.17) is 32.7 Å². The predicted molar refractivity (Wildman–Crippen MR) is 121 cm³/mol. The van der Waals surface area contributed by atoms with E-state index in [1.54, 1.807) is 6.07 Å². The van der Waals surface area contributed by atoms with Crippen LogP contribution in [0.2, 0.25) is 10.0 Å². The number of nitrogens with one attached hydrogen (secondary N) is 1. The van der Waals surface area contributed by atoms with Crippen molar-refractivity contribution in [1.82, 2.24) is 4.31 Å². The van der Waals surface area contributed by atoms with Gasteiger partial charge in [0.1, 0.15) is 5.75 Å². The molecule has 1 N–H and O–H groups in total. The van der Waals surface area contributed by atoms with Crippen LogP contribution in [0.4, 0.5) is 5.69 Å². The van der Waals surface area contributed by atoms with Gasteiger partial charge >= 0.3 is 5.97 Å². The summed E-state index contributed by atoms with van der Waals surface area (Å²) in [4.78, 5) is 24.3. The van der Waals surface area contributed by atoms with Crippen LogP contribution in [0.3, 0.4) is 0 Å². The number of carbonyl (C=O) groups excluding carboxylic acids is 2. The first kappa shape index (κ1) is 24.3. The molecule has 1 aliphatic heterocycles. The maximum atomic E-state index is 12.5. The number of carbonyl (C=O) groups is 2. The Hall–Kier alpha value is -2.33. The number of halogens is 2. The zero-order chi connectivity index (χ0) is 23.3. The standard InChI is InChI=1S/C21H22Cl2N2O6S/c1-14(31-19-9-4-15(22)12-18(19)23)21(27)30-13-20(26)24-16-5-7-17(8-6-16)32(28,29)25-10-2-3-11-25/h4-9,12,14H,2-3,10-11,13H2,1H3,(H,24,26). The zero-order valence-electron chi connectivity index (χ0n) is 17.2. The molecule has 0 saturated carbocycles. The predicted octanol–water partition coefficient (Wildman–Crippen LogP) is 3.73. The molecule has 0 bridgehead atoms. The van der Waals surface area contributed by atoms with Crippen molar-refractivity contribution >= 4 is 50.8 Å². The van der Waals surface area contributed by atoms with Crippen LogP contribution >= 0.6 is 23.2 Å². The molecule has 1 heterocycles. The molecule has 1 fully saturated rings. The molecule has 32 heavy (non-hydrogen) atoms. The van der Waals surface area contributed by atoms with Gasteiger partial charge in [-0.2, -0.15) is 4.31 Å². The summed E-state index contributed by atoms with van der Waals surface area (Å²) in [5.41, 5.74) is 0.378. The van der Waals surface area contributed by atoms with Gasteiger partial charge in [-0.1, -0.05) is 23.2 Å². The molecule has 1 amide bonds. The van der Waals surface area contributed by atoms with Crippen LogP contribution in [0.15, 0.2) is 47.4 Å². The maximum absolute atomic E-state index is 12.5. The summed E-state index contributed by atoms with van der Waals surface area (Å²) in [7, 11) is -3.53. The lowest BCUT2D eigenvalue weighted by Gasteiger charge is -2.16. The SMILES string of the molecule is CC(Oc1ccc(Cl)cc1Cl)C(=O)OCC(=O)Nc1ccc(S(=O)(=O)N2CCCC2)cc1. The largest absolute Gasteiger partial charge is 0.477 e.